The van der Waals surface area contributed by atoms with E-state index in [2.05, 4.69) is 41.5 Å². The van der Waals surface area contributed by atoms with Gasteiger partial charge in [-0.25, -0.2) is 4.79 Å². The number of benzene rings is 1. The number of esters is 1. The molecule has 0 aliphatic heterocycles. The summed E-state index contributed by atoms with van der Waals surface area (Å²) in [6, 6.07) is 9.92. The van der Waals surface area contributed by atoms with Gasteiger partial charge in [0.05, 0.1) is 28.0 Å². The zero-order chi connectivity index (χ0) is 26.3. The molecule has 36 heavy (non-hydrogen) atoms. The molecule has 0 saturated heterocycles. The van der Waals surface area contributed by atoms with Crippen molar-refractivity contribution in [1.82, 2.24) is 4.98 Å². The lowest BCUT2D eigenvalue weighted by molar-refractivity contribution is -0.125. The third-order valence-electron chi connectivity index (χ3n) is 8.69. The van der Waals surface area contributed by atoms with Crippen LogP contribution < -0.4 is 0 Å². The number of ether oxygens (including phenoxy) is 1. The summed E-state index contributed by atoms with van der Waals surface area (Å²) in [4.78, 5) is 33.4. The van der Waals surface area contributed by atoms with Gasteiger partial charge in [0.2, 0.25) is 0 Å². The Labute approximate surface area is 221 Å². The average Bonchev–Trinajstić information content (AvgIpc) is 3.39. The fourth-order valence-corrected chi connectivity index (χ4v) is 8.16. The molecule has 4 nitrogen and oxygen atoms in total. The van der Waals surface area contributed by atoms with Gasteiger partial charge in [0.1, 0.15) is 0 Å². The van der Waals surface area contributed by atoms with E-state index in [1.165, 1.54) is 0 Å². The van der Waals surface area contributed by atoms with Crippen molar-refractivity contribution in [3.05, 3.63) is 52.7 Å². The van der Waals surface area contributed by atoms with Gasteiger partial charge < -0.3 is 4.74 Å². The highest BCUT2D eigenvalue weighted by atomic mass is 32.2. The maximum absolute atomic E-state index is 14.6. The van der Waals surface area contributed by atoms with Crippen molar-refractivity contribution in [1.29, 1.82) is 0 Å². The van der Waals surface area contributed by atoms with Crippen LogP contribution >= 0.6 is 11.8 Å². The largest absolute Gasteiger partial charge is 0.462 e. The number of rotatable bonds is 9. The Kier molecular flexibility index (Phi) is 7.45. The Hall–Kier alpha value is -2.14. The van der Waals surface area contributed by atoms with E-state index in [0.29, 0.717) is 36.5 Å². The van der Waals surface area contributed by atoms with Crippen LogP contribution in [0.2, 0.25) is 0 Å². The number of carbonyl (C=O) groups is 2. The van der Waals surface area contributed by atoms with Gasteiger partial charge in [-0.05, 0) is 67.2 Å². The number of hydrogen-bond donors (Lipinski definition) is 0. The predicted octanol–water partition coefficient (Wildman–Crippen LogP) is 7.21. The molecule has 1 aromatic heterocycles. The van der Waals surface area contributed by atoms with Crippen LogP contribution in [0.1, 0.15) is 94.9 Å². The molecule has 2 aliphatic rings. The quantitative estimate of drug-likeness (QED) is 0.336. The second kappa shape index (κ2) is 9.96. The molecule has 0 bridgehead atoms. The second-order valence-electron chi connectivity index (χ2n) is 11.0. The van der Waals surface area contributed by atoms with Gasteiger partial charge in [-0.3, -0.25) is 9.78 Å². The summed E-state index contributed by atoms with van der Waals surface area (Å²) in [5.74, 6) is 1.17. The number of fused-ring (bicyclic) bond motifs is 1. The monoisotopic (exact) mass is 507 g/mol. The van der Waals surface area contributed by atoms with Crippen LogP contribution in [0.15, 0.2) is 30.3 Å². The Morgan fingerprint density at radius 3 is 2.36 bits per heavy atom. The van der Waals surface area contributed by atoms with E-state index in [-0.39, 0.29) is 17.3 Å². The van der Waals surface area contributed by atoms with Crippen LogP contribution in [0.5, 0.6) is 0 Å². The Morgan fingerprint density at radius 2 is 1.78 bits per heavy atom. The lowest BCUT2D eigenvalue weighted by Gasteiger charge is -2.38. The second-order valence-corrected chi connectivity index (χ2v) is 12.7. The molecule has 194 valence electrons. The summed E-state index contributed by atoms with van der Waals surface area (Å²) in [5, 5.41) is 0. The van der Waals surface area contributed by atoms with Crippen molar-refractivity contribution in [2.75, 3.05) is 12.4 Å². The molecule has 2 aliphatic carbocycles. The molecule has 3 unspecified atom stereocenters. The number of thioether (sulfide) groups is 1. The normalized spacial score (nSPS) is 26.4. The number of aryl methyl sites for hydroxylation is 1. The molecule has 3 atom stereocenters. The third kappa shape index (κ3) is 3.84. The molecule has 0 N–H and O–H groups in total. The maximum atomic E-state index is 14.6. The van der Waals surface area contributed by atoms with E-state index in [1.807, 2.05) is 37.3 Å². The van der Waals surface area contributed by atoms with Gasteiger partial charge in [0.25, 0.3) is 0 Å². The number of hydrogen-bond acceptors (Lipinski definition) is 5. The molecule has 5 heteroatoms. The molecular weight excluding hydrogens is 466 g/mol. The average molecular weight is 508 g/mol. The summed E-state index contributed by atoms with van der Waals surface area (Å²) in [5.41, 5.74) is 4.27. The fraction of sp³-hybridized carbons (Fsp3) is 0.581. The molecule has 2 aromatic rings. The lowest BCUT2D eigenvalue weighted by atomic mass is 9.71. The first kappa shape index (κ1) is 26.9. The van der Waals surface area contributed by atoms with E-state index < -0.39 is 10.2 Å². The number of Topliss-reactive ketones (excluding diaryl/α,β-unsaturated/α-hetero) is 1. The molecule has 0 amide bonds. The minimum atomic E-state index is -0.610. The van der Waals surface area contributed by atoms with Gasteiger partial charge in [-0.1, -0.05) is 71.9 Å². The first-order chi connectivity index (χ1) is 17.1. The van der Waals surface area contributed by atoms with Gasteiger partial charge >= 0.3 is 5.97 Å². The smallest absolute Gasteiger partial charge is 0.340 e. The Morgan fingerprint density at radius 1 is 1.08 bits per heavy atom. The van der Waals surface area contributed by atoms with Crippen LogP contribution in [0, 0.1) is 11.3 Å². The van der Waals surface area contributed by atoms with Crippen molar-refractivity contribution in [3.8, 4) is 11.3 Å². The number of nitrogens with zero attached hydrogens (tertiary/aromatic N) is 1. The van der Waals surface area contributed by atoms with E-state index >= 15 is 0 Å². The van der Waals surface area contributed by atoms with E-state index in [1.54, 1.807) is 11.8 Å². The van der Waals surface area contributed by atoms with Gasteiger partial charge in [-0.2, -0.15) is 0 Å². The highest BCUT2D eigenvalue weighted by Crippen LogP contribution is 2.76. The lowest BCUT2D eigenvalue weighted by Crippen LogP contribution is -2.47. The predicted molar refractivity (Wildman–Crippen MR) is 149 cm³/mol. The number of ketones is 1. The van der Waals surface area contributed by atoms with Crippen LogP contribution in [0.3, 0.4) is 0 Å². The molecule has 1 aromatic carbocycles. The van der Waals surface area contributed by atoms with Crippen molar-refractivity contribution in [3.63, 3.8) is 0 Å². The van der Waals surface area contributed by atoms with Crippen LogP contribution in [-0.4, -0.2) is 33.8 Å². The number of aromatic nitrogens is 1. The summed E-state index contributed by atoms with van der Waals surface area (Å²) in [6.45, 7) is 15.3. The molecular formula is C31H41NO3S. The topological polar surface area (TPSA) is 56.3 Å². The van der Waals surface area contributed by atoms with Crippen LogP contribution in [0.25, 0.3) is 11.3 Å². The molecule has 0 spiro atoms. The van der Waals surface area contributed by atoms with Crippen molar-refractivity contribution in [2.45, 2.75) is 90.7 Å². The minimum absolute atomic E-state index is 0.176. The molecule has 4 rings (SSSR count). The molecule has 1 heterocycles. The van der Waals surface area contributed by atoms with Crippen molar-refractivity contribution >= 4 is 23.5 Å². The fourth-order valence-electron chi connectivity index (χ4n) is 6.97. The number of pyridine rings is 1. The van der Waals surface area contributed by atoms with E-state index in [4.69, 9.17) is 9.72 Å². The summed E-state index contributed by atoms with van der Waals surface area (Å²) < 4.78 is 5.31. The first-order valence-electron chi connectivity index (χ1n) is 13.6. The Bertz CT molecular complexity index is 1160. The van der Waals surface area contributed by atoms with Gasteiger partial charge in [0.15, 0.2) is 5.78 Å². The zero-order valence-electron chi connectivity index (χ0n) is 23.0. The summed E-state index contributed by atoms with van der Waals surface area (Å²) in [7, 11) is 0. The molecule has 2 fully saturated rings. The number of carbonyl (C=O) groups excluding carboxylic acids is 2. The zero-order valence-corrected chi connectivity index (χ0v) is 23.8. The van der Waals surface area contributed by atoms with Gasteiger partial charge in [0, 0.05) is 11.3 Å². The van der Waals surface area contributed by atoms with Crippen molar-refractivity contribution < 1.29 is 14.3 Å². The standard InChI is InChI=1S/C31H41NO3S/c1-8-19-35-27(33)24-21(9-2)25(22(10-3)32-26(24)20-15-13-12-14-16-20)31-23(29(31,5)6)17-18-30(7,28(31)34)36-11-4/h12-16,23H,8-11,17-19H2,1-7H3. The van der Waals surface area contributed by atoms with E-state index in [9.17, 15) is 9.59 Å². The minimum Gasteiger partial charge on any atom is -0.462 e. The van der Waals surface area contributed by atoms with Crippen LogP contribution in [0.4, 0.5) is 0 Å². The Balaban J connectivity index is 2.05. The third-order valence-corrected chi connectivity index (χ3v) is 10.0. The van der Waals surface area contributed by atoms with Gasteiger partial charge in [-0.15, -0.1) is 11.8 Å². The maximum Gasteiger partial charge on any atom is 0.340 e. The van der Waals surface area contributed by atoms with Crippen molar-refractivity contribution in [2.24, 2.45) is 11.3 Å². The molecule has 2 saturated carbocycles. The summed E-state index contributed by atoms with van der Waals surface area (Å²) in [6.07, 6.45) is 4.04. The summed E-state index contributed by atoms with van der Waals surface area (Å²) >= 11 is 1.77. The highest BCUT2D eigenvalue weighted by Gasteiger charge is 2.79. The first-order valence-corrected chi connectivity index (χ1v) is 14.6. The molecule has 0 radical (unpaired) electrons. The highest BCUT2D eigenvalue weighted by molar-refractivity contribution is 8.01. The van der Waals surface area contributed by atoms with E-state index in [0.717, 1.165) is 47.4 Å². The SMILES string of the molecule is CCCOC(=O)c1c(-c2ccccc2)nc(CC)c(C23C(=O)C(C)(SCC)CCC2C3(C)C)c1CC. The van der Waals surface area contributed by atoms with Crippen LogP contribution in [-0.2, 0) is 27.8 Å².